The molecule has 0 N–H and O–H groups in total. The molecule has 10 heteroatoms. The first-order valence-corrected chi connectivity index (χ1v) is 13.9. The molecule has 208 valence electrons. The molecule has 10 nitrogen and oxygen atoms in total. The fraction of sp³-hybridized carbons (Fsp3) is 0.290. The van der Waals surface area contributed by atoms with Crippen molar-refractivity contribution in [2.75, 3.05) is 44.2 Å². The number of aromatic nitrogens is 4. The van der Waals surface area contributed by atoms with Crippen molar-refractivity contribution in [3.05, 3.63) is 78.1 Å². The quantitative estimate of drug-likeness (QED) is 0.250. The number of fused-ring (bicyclic) bond motifs is 4. The smallest absolute Gasteiger partial charge is 0.359 e. The summed E-state index contributed by atoms with van der Waals surface area (Å²) in [5, 5.41) is 10.3. The summed E-state index contributed by atoms with van der Waals surface area (Å²) < 4.78 is 18.8. The molecule has 0 radical (unpaired) electrons. The molecule has 6 aromatic rings. The summed E-state index contributed by atoms with van der Waals surface area (Å²) in [5.74, 6) is 1.11. The second kappa shape index (κ2) is 10.4. The highest BCUT2D eigenvalue weighted by Crippen LogP contribution is 2.34. The first-order chi connectivity index (χ1) is 20.1. The number of carbonyl (C=O) groups is 1. The molecule has 4 aromatic heterocycles. The SMILES string of the molecule is CCOC(=O)c1ncn2c1ccc1c(CCN3CCN(c4cccc5oc(-c6nnc(C)o6)cc45)CC3)cccc12. The predicted octanol–water partition coefficient (Wildman–Crippen LogP) is 5.13. The molecule has 0 bridgehead atoms. The van der Waals surface area contributed by atoms with Crippen LogP contribution in [0.25, 0.3) is 39.0 Å². The molecule has 41 heavy (non-hydrogen) atoms. The molecular weight excluding hydrogens is 520 g/mol. The Labute approximate surface area is 236 Å². The maximum Gasteiger partial charge on any atom is 0.359 e. The number of hydrogen-bond donors (Lipinski definition) is 0. The van der Waals surface area contributed by atoms with Crippen LogP contribution in [-0.4, -0.2) is 69.8 Å². The number of esters is 1. The van der Waals surface area contributed by atoms with Crippen LogP contribution in [0.2, 0.25) is 0 Å². The van der Waals surface area contributed by atoms with Crippen molar-refractivity contribution in [3.8, 4) is 11.7 Å². The Morgan fingerprint density at radius 1 is 0.951 bits per heavy atom. The van der Waals surface area contributed by atoms with Gasteiger partial charge in [-0.25, -0.2) is 9.78 Å². The first kappa shape index (κ1) is 25.3. The van der Waals surface area contributed by atoms with E-state index in [-0.39, 0.29) is 0 Å². The van der Waals surface area contributed by atoms with Gasteiger partial charge in [-0.05, 0) is 49.2 Å². The third kappa shape index (κ3) is 4.59. The van der Waals surface area contributed by atoms with Crippen molar-refractivity contribution >= 4 is 39.0 Å². The molecule has 0 unspecified atom stereocenters. The van der Waals surface area contributed by atoms with Crippen LogP contribution in [-0.2, 0) is 11.2 Å². The van der Waals surface area contributed by atoms with Gasteiger partial charge in [-0.2, -0.15) is 0 Å². The number of furan rings is 1. The van der Waals surface area contributed by atoms with Gasteiger partial charge < -0.3 is 18.5 Å². The van der Waals surface area contributed by atoms with Crippen molar-refractivity contribution in [1.29, 1.82) is 0 Å². The molecular formula is C31H30N6O4. The van der Waals surface area contributed by atoms with Gasteiger partial charge >= 0.3 is 5.97 Å². The van der Waals surface area contributed by atoms with Crippen LogP contribution in [0.15, 0.2) is 69.8 Å². The van der Waals surface area contributed by atoms with E-state index in [0.717, 1.165) is 66.8 Å². The summed E-state index contributed by atoms with van der Waals surface area (Å²) in [7, 11) is 0. The molecule has 7 rings (SSSR count). The summed E-state index contributed by atoms with van der Waals surface area (Å²) in [4.78, 5) is 21.6. The Kier molecular flexibility index (Phi) is 6.39. The van der Waals surface area contributed by atoms with Crippen LogP contribution in [0.4, 0.5) is 5.69 Å². The van der Waals surface area contributed by atoms with Crippen LogP contribution in [0.1, 0.15) is 28.9 Å². The number of hydrogen-bond acceptors (Lipinski definition) is 9. The van der Waals surface area contributed by atoms with E-state index in [1.54, 1.807) is 20.2 Å². The van der Waals surface area contributed by atoms with Gasteiger partial charge in [0.1, 0.15) is 11.9 Å². The van der Waals surface area contributed by atoms with Gasteiger partial charge in [0.05, 0.1) is 17.6 Å². The van der Waals surface area contributed by atoms with Crippen LogP contribution in [0, 0.1) is 6.92 Å². The second-order valence-corrected chi connectivity index (χ2v) is 10.3. The van der Waals surface area contributed by atoms with E-state index in [9.17, 15) is 4.79 Å². The summed E-state index contributed by atoms with van der Waals surface area (Å²) in [6, 6.07) is 18.6. The second-order valence-electron chi connectivity index (χ2n) is 10.3. The maximum absolute atomic E-state index is 12.3. The van der Waals surface area contributed by atoms with Gasteiger partial charge in [-0.15, -0.1) is 10.2 Å². The zero-order valence-corrected chi connectivity index (χ0v) is 23.0. The van der Waals surface area contributed by atoms with Crippen molar-refractivity contribution in [3.63, 3.8) is 0 Å². The number of benzene rings is 2. The monoisotopic (exact) mass is 550 g/mol. The molecule has 1 aliphatic heterocycles. The number of imidazole rings is 1. The lowest BCUT2D eigenvalue weighted by Crippen LogP contribution is -2.47. The largest absolute Gasteiger partial charge is 0.461 e. The van der Waals surface area contributed by atoms with Crippen LogP contribution in [0.5, 0.6) is 0 Å². The number of aryl methyl sites for hydroxylation is 1. The Balaban J connectivity index is 1.04. The first-order valence-electron chi connectivity index (χ1n) is 13.9. The van der Waals surface area contributed by atoms with Crippen LogP contribution in [0.3, 0.4) is 0 Å². The lowest BCUT2D eigenvalue weighted by Gasteiger charge is -2.36. The summed E-state index contributed by atoms with van der Waals surface area (Å²) in [5.41, 5.74) is 5.41. The standard InChI is InChI=1S/C31H30N6O4/c1-3-39-31(38)29-26-11-10-22-21(6-4-8-25(22)37(26)19-32-29)12-13-35-14-16-36(17-15-35)24-7-5-9-27-23(24)18-28(41-27)30-34-33-20(2)40-30/h4-11,18-19H,3,12-17H2,1-2H3. The molecule has 2 aromatic carbocycles. The maximum atomic E-state index is 12.3. The van der Waals surface area contributed by atoms with E-state index in [4.69, 9.17) is 13.6 Å². The van der Waals surface area contributed by atoms with E-state index in [1.807, 2.05) is 28.7 Å². The minimum absolute atomic E-state index is 0.324. The van der Waals surface area contributed by atoms with E-state index in [1.165, 1.54) is 10.9 Å². The summed E-state index contributed by atoms with van der Waals surface area (Å²) >= 11 is 0. The number of nitrogens with zero attached hydrogens (tertiary/aromatic N) is 6. The van der Waals surface area contributed by atoms with E-state index in [0.29, 0.717) is 29.8 Å². The molecule has 0 saturated carbocycles. The van der Waals surface area contributed by atoms with Gasteiger partial charge in [0.2, 0.25) is 5.89 Å². The zero-order chi connectivity index (χ0) is 27.9. The van der Waals surface area contributed by atoms with Gasteiger partial charge in [-0.1, -0.05) is 24.3 Å². The fourth-order valence-electron chi connectivity index (χ4n) is 5.76. The lowest BCUT2D eigenvalue weighted by atomic mass is 10.0. The van der Waals surface area contributed by atoms with Gasteiger partial charge in [-0.3, -0.25) is 9.30 Å². The zero-order valence-electron chi connectivity index (χ0n) is 23.0. The summed E-state index contributed by atoms with van der Waals surface area (Å²) in [6.45, 7) is 8.68. The Bertz CT molecular complexity index is 1880. The van der Waals surface area contributed by atoms with Crippen molar-refractivity contribution in [2.24, 2.45) is 0 Å². The number of ether oxygens (including phenoxy) is 1. The van der Waals surface area contributed by atoms with Crippen LogP contribution < -0.4 is 4.90 Å². The van der Waals surface area contributed by atoms with E-state index < -0.39 is 5.97 Å². The highest BCUT2D eigenvalue weighted by molar-refractivity contribution is 5.97. The predicted molar refractivity (Wildman–Crippen MR) is 155 cm³/mol. The third-order valence-electron chi connectivity index (χ3n) is 7.80. The molecule has 5 heterocycles. The topological polar surface area (TPSA) is 102 Å². The molecule has 0 aliphatic carbocycles. The molecule has 0 amide bonds. The number of rotatable bonds is 7. The van der Waals surface area contributed by atoms with E-state index in [2.05, 4.69) is 55.3 Å². The average Bonchev–Trinajstić information content (AvgIpc) is 3.74. The molecule has 0 atom stereocenters. The molecule has 1 aliphatic rings. The highest BCUT2D eigenvalue weighted by atomic mass is 16.5. The highest BCUT2D eigenvalue weighted by Gasteiger charge is 2.22. The van der Waals surface area contributed by atoms with Crippen molar-refractivity contribution in [2.45, 2.75) is 20.3 Å². The molecule has 0 spiro atoms. The average molecular weight is 551 g/mol. The Hall–Kier alpha value is -4.70. The number of piperazine rings is 1. The van der Waals surface area contributed by atoms with Gasteiger partial charge in [0.15, 0.2) is 11.5 Å². The Morgan fingerprint density at radius 2 is 1.80 bits per heavy atom. The number of pyridine rings is 1. The van der Waals surface area contributed by atoms with Gasteiger partial charge in [0, 0.05) is 56.1 Å². The fourth-order valence-corrected chi connectivity index (χ4v) is 5.76. The van der Waals surface area contributed by atoms with Crippen molar-refractivity contribution in [1.82, 2.24) is 24.5 Å². The minimum atomic E-state index is -0.393. The molecule has 1 saturated heterocycles. The van der Waals surface area contributed by atoms with Gasteiger partial charge in [0.25, 0.3) is 5.89 Å². The van der Waals surface area contributed by atoms with Crippen LogP contribution >= 0.6 is 0 Å². The summed E-state index contributed by atoms with van der Waals surface area (Å²) in [6.07, 6.45) is 2.64. The minimum Gasteiger partial charge on any atom is -0.461 e. The lowest BCUT2D eigenvalue weighted by molar-refractivity contribution is 0.0522. The Morgan fingerprint density at radius 3 is 2.61 bits per heavy atom. The van der Waals surface area contributed by atoms with Crippen molar-refractivity contribution < 1.29 is 18.4 Å². The molecule has 1 fully saturated rings. The normalized spacial score (nSPS) is 14.4. The number of carbonyl (C=O) groups excluding carboxylic acids is 1. The third-order valence-corrected chi connectivity index (χ3v) is 7.80. The van der Waals surface area contributed by atoms with E-state index >= 15 is 0 Å². The number of anilines is 1.